The van der Waals surface area contributed by atoms with Crippen LogP contribution in [0.5, 0.6) is 5.75 Å². The smallest absolute Gasteiger partial charge is 0.241 e. The Bertz CT molecular complexity index is 1050. The minimum atomic E-state index is -3.75. The lowest BCUT2D eigenvalue weighted by molar-refractivity contribution is -0.121. The van der Waals surface area contributed by atoms with Crippen molar-refractivity contribution >= 4 is 44.8 Å². The van der Waals surface area contributed by atoms with Crippen LogP contribution < -0.4 is 14.4 Å². The van der Waals surface area contributed by atoms with E-state index >= 15 is 0 Å². The molecule has 0 aliphatic carbocycles. The van der Waals surface area contributed by atoms with Crippen LogP contribution in [0.2, 0.25) is 10.0 Å². The van der Waals surface area contributed by atoms with Crippen LogP contribution in [0.15, 0.2) is 42.5 Å². The zero-order chi connectivity index (χ0) is 22.8. The second-order valence-corrected chi connectivity index (χ2v) is 10.5. The average Bonchev–Trinajstić information content (AvgIpc) is 2.70. The fourth-order valence-electron chi connectivity index (χ4n) is 3.88. The third-order valence-corrected chi connectivity index (χ3v) is 7.22. The van der Waals surface area contributed by atoms with Crippen molar-refractivity contribution in [1.29, 1.82) is 0 Å². The SMILES string of the molecule is CCC1(CC)C[C@H](NC(=O)CN(c2cc(Cl)cc(Cl)c2)S(C)(=O)=O)c2ccccc2O1. The van der Waals surface area contributed by atoms with Crippen molar-refractivity contribution in [1.82, 2.24) is 5.32 Å². The van der Waals surface area contributed by atoms with Crippen LogP contribution in [0, 0.1) is 0 Å². The number of para-hydroxylation sites is 1. The van der Waals surface area contributed by atoms with E-state index in [9.17, 15) is 13.2 Å². The highest BCUT2D eigenvalue weighted by Crippen LogP contribution is 2.42. The first kappa shape index (κ1) is 23.7. The van der Waals surface area contributed by atoms with E-state index in [1.807, 2.05) is 24.3 Å². The fourth-order valence-corrected chi connectivity index (χ4v) is 5.24. The van der Waals surface area contributed by atoms with E-state index in [4.69, 9.17) is 27.9 Å². The first-order valence-corrected chi connectivity index (χ1v) is 12.7. The third-order valence-electron chi connectivity index (χ3n) is 5.64. The van der Waals surface area contributed by atoms with Crippen molar-refractivity contribution in [2.75, 3.05) is 17.1 Å². The lowest BCUT2D eigenvalue weighted by atomic mass is 9.83. The molecule has 168 valence electrons. The van der Waals surface area contributed by atoms with Gasteiger partial charge in [-0.25, -0.2) is 8.42 Å². The van der Waals surface area contributed by atoms with Crippen molar-refractivity contribution in [2.24, 2.45) is 0 Å². The van der Waals surface area contributed by atoms with Crippen LogP contribution in [0.4, 0.5) is 5.69 Å². The Hall–Kier alpha value is -1.96. The molecular formula is C22H26Cl2N2O4S. The molecule has 1 N–H and O–H groups in total. The van der Waals surface area contributed by atoms with Crippen molar-refractivity contribution in [3.05, 3.63) is 58.1 Å². The van der Waals surface area contributed by atoms with Crippen LogP contribution in [-0.4, -0.2) is 32.7 Å². The maximum absolute atomic E-state index is 13.0. The average molecular weight is 485 g/mol. The minimum absolute atomic E-state index is 0.235. The zero-order valence-electron chi connectivity index (χ0n) is 17.7. The van der Waals surface area contributed by atoms with Gasteiger partial charge >= 0.3 is 0 Å². The number of nitrogens with zero attached hydrogens (tertiary/aromatic N) is 1. The number of carbonyl (C=O) groups is 1. The normalized spacial score (nSPS) is 17.4. The minimum Gasteiger partial charge on any atom is -0.487 e. The molecule has 1 aliphatic rings. The second kappa shape index (κ2) is 9.27. The Morgan fingerprint density at radius 2 is 1.77 bits per heavy atom. The number of halogens is 2. The van der Waals surface area contributed by atoms with E-state index in [1.54, 1.807) is 0 Å². The highest BCUT2D eigenvalue weighted by Gasteiger charge is 2.39. The molecule has 3 rings (SSSR count). The molecule has 1 aliphatic heterocycles. The molecule has 1 atom stereocenters. The van der Waals surface area contributed by atoms with Crippen LogP contribution in [-0.2, 0) is 14.8 Å². The van der Waals surface area contributed by atoms with Crippen molar-refractivity contribution < 1.29 is 17.9 Å². The van der Waals surface area contributed by atoms with Gasteiger partial charge < -0.3 is 10.1 Å². The third kappa shape index (κ3) is 5.45. The number of nitrogens with one attached hydrogen (secondary N) is 1. The number of ether oxygens (including phenoxy) is 1. The molecule has 0 radical (unpaired) electrons. The number of sulfonamides is 1. The number of rotatable bonds is 7. The predicted molar refractivity (Wildman–Crippen MR) is 125 cm³/mol. The molecule has 0 unspecified atom stereocenters. The molecule has 0 saturated heterocycles. The Labute approximate surface area is 193 Å². The number of anilines is 1. The molecular weight excluding hydrogens is 459 g/mol. The quantitative estimate of drug-likeness (QED) is 0.602. The molecule has 0 saturated carbocycles. The summed E-state index contributed by atoms with van der Waals surface area (Å²) in [6, 6.07) is 11.7. The summed E-state index contributed by atoms with van der Waals surface area (Å²) in [7, 11) is -3.75. The van der Waals surface area contributed by atoms with Gasteiger partial charge in [0.25, 0.3) is 0 Å². The number of benzene rings is 2. The summed E-state index contributed by atoms with van der Waals surface area (Å²) < 4.78 is 32.1. The summed E-state index contributed by atoms with van der Waals surface area (Å²) in [5.74, 6) is 0.314. The molecule has 0 aromatic heterocycles. The molecule has 0 fully saturated rings. The van der Waals surface area contributed by atoms with E-state index in [2.05, 4.69) is 19.2 Å². The van der Waals surface area contributed by atoms with Crippen LogP contribution in [0.3, 0.4) is 0 Å². The molecule has 0 bridgehead atoms. The number of hydrogen-bond acceptors (Lipinski definition) is 4. The van der Waals surface area contributed by atoms with E-state index in [1.165, 1.54) is 18.2 Å². The molecule has 9 heteroatoms. The Morgan fingerprint density at radius 1 is 1.16 bits per heavy atom. The maximum Gasteiger partial charge on any atom is 0.241 e. The zero-order valence-corrected chi connectivity index (χ0v) is 20.0. The summed E-state index contributed by atoms with van der Waals surface area (Å²) >= 11 is 12.1. The monoisotopic (exact) mass is 484 g/mol. The standard InChI is InChI=1S/C22H26Cl2N2O4S/c1-4-22(5-2)13-19(18-8-6-7-9-20(18)30-22)25-21(27)14-26(31(3,28)29)17-11-15(23)10-16(24)12-17/h6-12,19H,4-5,13-14H2,1-3H3,(H,25,27)/t19-/m0/s1. The molecule has 1 heterocycles. The van der Waals surface area contributed by atoms with E-state index in [0.29, 0.717) is 6.42 Å². The number of amides is 1. The summed E-state index contributed by atoms with van der Waals surface area (Å²) in [6.07, 6.45) is 3.23. The maximum atomic E-state index is 13.0. The Balaban J connectivity index is 1.87. The van der Waals surface area contributed by atoms with Gasteiger partial charge in [-0.15, -0.1) is 0 Å². The highest BCUT2D eigenvalue weighted by molar-refractivity contribution is 7.92. The molecule has 31 heavy (non-hydrogen) atoms. The van der Waals surface area contributed by atoms with Gasteiger partial charge in [0.1, 0.15) is 17.9 Å². The number of hydrogen-bond donors (Lipinski definition) is 1. The molecule has 0 spiro atoms. The summed E-state index contributed by atoms with van der Waals surface area (Å²) in [6.45, 7) is 3.73. The lowest BCUT2D eigenvalue weighted by Gasteiger charge is -2.41. The molecule has 6 nitrogen and oxygen atoms in total. The van der Waals surface area contributed by atoms with Gasteiger partial charge in [0, 0.05) is 22.0 Å². The van der Waals surface area contributed by atoms with Crippen LogP contribution >= 0.6 is 23.2 Å². The number of fused-ring (bicyclic) bond motifs is 1. The predicted octanol–water partition coefficient (Wildman–Crippen LogP) is 4.96. The summed E-state index contributed by atoms with van der Waals surface area (Å²) in [5.41, 5.74) is 0.729. The van der Waals surface area contributed by atoms with Gasteiger partial charge in [0.2, 0.25) is 15.9 Å². The topological polar surface area (TPSA) is 75.7 Å². The first-order chi connectivity index (χ1) is 14.6. The van der Waals surface area contributed by atoms with E-state index in [-0.39, 0.29) is 33.9 Å². The van der Waals surface area contributed by atoms with E-state index < -0.39 is 15.9 Å². The first-order valence-electron chi connectivity index (χ1n) is 10.1. The van der Waals surface area contributed by atoms with Crippen LogP contribution in [0.25, 0.3) is 0 Å². The van der Waals surface area contributed by atoms with Gasteiger partial charge in [0.05, 0.1) is 18.0 Å². The van der Waals surface area contributed by atoms with Gasteiger partial charge in [-0.2, -0.15) is 0 Å². The second-order valence-electron chi connectivity index (χ2n) is 7.75. The van der Waals surface area contributed by atoms with Crippen molar-refractivity contribution in [3.63, 3.8) is 0 Å². The molecule has 2 aromatic rings. The van der Waals surface area contributed by atoms with Crippen molar-refractivity contribution in [3.8, 4) is 5.75 Å². The lowest BCUT2D eigenvalue weighted by Crippen LogP contribution is -2.47. The highest BCUT2D eigenvalue weighted by atomic mass is 35.5. The summed E-state index contributed by atoms with van der Waals surface area (Å²) in [4.78, 5) is 13.0. The van der Waals surface area contributed by atoms with Gasteiger partial charge in [-0.1, -0.05) is 55.2 Å². The van der Waals surface area contributed by atoms with E-state index in [0.717, 1.165) is 34.7 Å². The van der Waals surface area contributed by atoms with Gasteiger partial charge in [0.15, 0.2) is 0 Å². The van der Waals surface area contributed by atoms with Crippen molar-refractivity contribution in [2.45, 2.75) is 44.8 Å². The fraction of sp³-hybridized carbons (Fsp3) is 0.409. The molecule has 1 amide bonds. The Morgan fingerprint density at radius 3 is 2.35 bits per heavy atom. The number of carbonyl (C=O) groups excluding carboxylic acids is 1. The molecule has 2 aromatic carbocycles. The summed E-state index contributed by atoms with van der Waals surface area (Å²) in [5, 5.41) is 3.57. The van der Waals surface area contributed by atoms with Gasteiger partial charge in [-0.05, 0) is 37.1 Å². The van der Waals surface area contributed by atoms with Crippen LogP contribution in [0.1, 0.15) is 44.7 Å². The van der Waals surface area contributed by atoms with Gasteiger partial charge in [-0.3, -0.25) is 9.10 Å². The largest absolute Gasteiger partial charge is 0.487 e. The Kier molecular flexibility index (Phi) is 7.08.